The van der Waals surface area contributed by atoms with Crippen molar-refractivity contribution in [2.24, 2.45) is 33.9 Å². The molecule has 6 unspecified atom stereocenters. The summed E-state index contributed by atoms with van der Waals surface area (Å²) in [4.78, 5) is 24.6. The first kappa shape index (κ1) is 27.2. The lowest BCUT2D eigenvalue weighted by Gasteiger charge is -2.40. The van der Waals surface area contributed by atoms with Gasteiger partial charge in [-0.1, -0.05) is 41.5 Å². The molecule has 0 aromatic rings. The minimum atomic E-state index is -0.675. The maximum Gasteiger partial charge on any atom is 0.237 e. The van der Waals surface area contributed by atoms with Gasteiger partial charge in [-0.2, -0.15) is 0 Å². The molecule has 0 rings (SSSR count). The fourth-order valence-corrected chi connectivity index (χ4v) is 4.18. The summed E-state index contributed by atoms with van der Waals surface area (Å²) < 4.78 is 0. The van der Waals surface area contributed by atoms with Gasteiger partial charge >= 0.3 is 0 Å². The molecule has 0 spiro atoms. The third kappa shape index (κ3) is 9.64. The second-order valence-electron chi connectivity index (χ2n) is 10.3. The molecule has 7 nitrogen and oxygen atoms in total. The minimum absolute atomic E-state index is 0.0886. The van der Waals surface area contributed by atoms with Gasteiger partial charge in [0.15, 0.2) is 0 Å². The number of carbonyl (C=O) groups excluding carboxylic acids is 2. The molecule has 0 bridgehead atoms. The zero-order chi connectivity index (χ0) is 22.5. The van der Waals surface area contributed by atoms with E-state index < -0.39 is 22.8 Å². The van der Waals surface area contributed by atoms with Gasteiger partial charge in [0.1, 0.15) is 0 Å². The quantitative estimate of drug-likeness (QED) is 0.341. The highest BCUT2D eigenvalue weighted by atomic mass is 31.0. The second kappa shape index (κ2) is 10.3. The molecule has 166 valence electrons. The van der Waals surface area contributed by atoms with E-state index in [1.807, 2.05) is 20.8 Å². The molecule has 0 aliphatic carbocycles. The Kier molecular flexibility index (Phi) is 10.1. The Morgan fingerprint density at radius 3 is 1.89 bits per heavy atom. The first-order valence-electron chi connectivity index (χ1n) is 10.1. The first-order valence-corrected chi connectivity index (χ1v) is 10.6. The normalized spacial score (nSPS) is 19.1. The summed E-state index contributed by atoms with van der Waals surface area (Å²) in [5.74, 6) is -0.200. The molecule has 0 aromatic carbocycles. The molecule has 0 aliphatic heterocycles. The second-order valence-corrected chi connectivity index (χ2v) is 11.7. The number of hydrogen-bond acceptors (Lipinski definition) is 5. The van der Waals surface area contributed by atoms with Crippen LogP contribution < -0.4 is 27.8 Å². The van der Waals surface area contributed by atoms with E-state index in [1.54, 1.807) is 6.92 Å². The van der Waals surface area contributed by atoms with E-state index in [4.69, 9.17) is 17.2 Å². The predicted octanol–water partition coefficient (Wildman–Crippen LogP) is 1.30. The Morgan fingerprint density at radius 2 is 1.50 bits per heavy atom. The SMILES string of the molecule is CC(N)C(=O)NCCC(C)C(NC(=O)C(N)C(C)(C)CC(C)(N)P)C(C)(C)C. The van der Waals surface area contributed by atoms with E-state index in [1.165, 1.54) is 0 Å². The summed E-state index contributed by atoms with van der Waals surface area (Å²) in [5, 5.41) is 5.50. The van der Waals surface area contributed by atoms with Crippen molar-refractivity contribution in [3.63, 3.8) is 0 Å². The molecule has 2 amide bonds. The smallest absolute Gasteiger partial charge is 0.237 e. The molecule has 0 radical (unpaired) electrons. The van der Waals surface area contributed by atoms with Gasteiger partial charge in [0.25, 0.3) is 0 Å². The summed E-state index contributed by atoms with van der Waals surface area (Å²) in [6, 6.07) is -1.29. The minimum Gasteiger partial charge on any atom is -0.355 e. The van der Waals surface area contributed by atoms with Gasteiger partial charge in [0, 0.05) is 17.9 Å². The Morgan fingerprint density at radius 1 is 1.00 bits per heavy atom. The van der Waals surface area contributed by atoms with Gasteiger partial charge < -0.3 is 27.8 Å². The maximum absolute atomic E-state index is 12.9. The van der Waals surface area contributed by atoms with Gasteiger partial charge in [-0.3, -0.25) is 9.59 Å². The number of nitrogens with one attached hydrogen (secondary N) is 2. The van der Waals surface area contributed by atoms with Crippen LogP contribution in [0.15, 0.2) is 0 Å². The van der Waals surface area contributed by atoms with Crippen molar-refractivity contribution in [2.45, 2.75) is 91.6 Å². The Labute approximate surface area is 173 Å². The van der Waals surface area contributed by atoms with E-state index in [9.17, 15) is 9.59 Å². The van der Waals surface area contributed by atoms with Crippen molar-refractivity contribution in [3.05, 3.63) is 0 Å². The zero-order valence-electron chi connectivity index (χ0n) is 19.1. The lowest BCUT2D eigenvalue weighted by Crippen LogP contribution is -2.57. The van der Waals surface area contributed by atoms with Crippen LogP contribution in [0.5, 0.6) is 0 Å². The van der Waals surface area contributed by atoms with E-state index in [2.05, 4.69) is 47.6 Å². The summed E-state index contributed by atoms with van der Waals surface area (Å²) in [6.45, 7) is 16.3. The molecular formula is C20H44N5O2P. The molecule has 8 heteroatoms. The number of hydrogen-bond donors (Lipinski definition) is 5. The van der Waals surface area contributed by atoms with Gasteiger partial charge in [0.2, 0.25) is 11.8 Å². The van der Waals surface area contributed by atoms with Crippen LogP contribution in [-0.4, -0.2) is 41.8 Å². The van der Waals surface area contributed by atoms with Gasteiger partial charge in [0.05, 0.1) is 12.1 Å². The standard InChI is InChI=1S/C20H44N5O2P/c1-12(9-10-24-16(26)13(2)21)15(18(3,4)5)25-17(27)14(22)19(6,7)11-20(8,23)28/h12-15H,9-11,21-23,28H2,1-8H3,(H,24,26)(H,25,27). The topological polar surface area (TPSA) is 136 Å². The summed E-state index contributed by atoms with van der Waals surface area (Å²) in [7, 11) is 2.60. The molecule has 0 fully saturated rings. The highest BCUT2D eigenvalue weighted by Crippen LogP contribution is 2.33. The third-order valence-electron chi connectivity index (χ3n) is 5.07. The van der Waals surface area contributed by atoms with Crippen LogP contribution in [0.2, 0.25) is 0 Å². The summed E-state index contributed by atoms with van der Waals surface area (Å²) in [5.41, 5.74) is 17.4. The molecular weight excluding hydrogens is 373 g/mol. The molecule has 28 heavy (non-hydrogen) atoms. The molecule has 0 heterocycles. The molecule has 0 aliphatic rings. The van der Waals surface area contributed by atoms with Crippen LogP contribution in [0.25, 0.3) is 0 Å². The van der Waals surface area contributed by atoms with Crippen molar-refractivity contribution in [1.82, 2.24) is 10.6 Å². The Bertz CT molecular complexity index is 524. The predicted molar refractivity (Wildman–Crippen MR) is 121 cm³/mol. The molecule has 6 atom stereocenters. The van der Waals surface area contributed by atoms with E-state index in [0.29, 0.717) is 13.0 Å². The van der Waals surface area contributed by atoms with Gasteiger partial charge in [-0.15, -0.1) is 9.24 Å². The molecule has 0 aromatic heterocycles. The van der Waals surface area contributed by atoms with Crippen LogP contribution in [0.4, 0.5) is 0 Å². The van der Waals surface area contributed by atoms with Crippen LogP contribution in [0.1, 0.15) is 68.2 Å². The fraction of sp³-hybridized carbons (Fsp3) is 0.900. The first-order chi connectivity index (χ1) is 12.4. The van der Waals surface area contributed by atoms with Crippen molar-refractivity contribution in [2.75, 3.05) is 6.54 Å². The van der Waals surface area contributed by atoms with Crippen molar-refractivity contribution < 1.29 is 9.59 Å². The highest BCUT2D eigenvalue weighted by molar-refractivity contribution is 7.18. The Balaban J connectivity index is 5.09. The summed E-state index contributed by atoms with van der Waals surface area (Å²) >= 11 is 0. The van der Waals surface area contributed by atoms with Crippen molar-refractivity contribution in [1.29, 1.82) is 0 Å². The summed E-state index contributed by atoms with van der Waals surface area (Å²) in [6.07, 6.45) is 1.32. The van der Waals surface area contributed by atoms with Gasteiger partial charge in [-0.25, -0.2) is 0 Å². The van der Waals surface area contributed by atoms with Crippen LogP contribution >= 0.6 is 9.24 Å². The van der Waals surface area contributed by atoms with E-state index >= 15 is 0 Å². The number of amides is 2. The van der Waals surface area contributed by atoms with Crippen LogP contribution in [0, 0.1) is 16.7 Å². The number of carbonyl (C=O) groups is 2. The lowest BCUT2D eigenvalue weighted by molar-refractivity contribution is -0.127. The number of nitrogens with two attached hydrogens (primary N) is 3. The monoisotopic (exact) mass is 417 g/mol. The Hall–Kier alpha value is -0.750. The van der Waals surface area contributed by atoms with Crippen molar-refractivity contribution in [3.8, 4) is 0 Å². The van der Waals surface area contributed by atoms with Crippen LogP contribution in [-0.2, 0) is 9.59 Å². The third-order valence-corrected chi connectivity index (χ3v) is 5.28. The zero-order valence-corrected chi connectivity index (χ0v) is 20.2. The average molecular weight is 418 g/mol. The van der Waals surface area contributed by atoms with Crippen molar-refractivity contribution >= 4 is 21.1 Å². The van der Waals surface area contributed by atoms with Gasteiger partial charge in [-0.05, 0) is 43.4 Å². The highest BCUT2D eigenvalue weighted by Gasteiger charge is 2.39. The van der Waals surface area contributed by atoms with Crippen LogP contribution in [0.3, 0.4) is 0 Å². The number of rotatable bonds is 10. The lowest BCUT2D eigenvalue weighted by atomic mass is 9.76. The molecule has 0 saturated heterocycles. The fourth-order valence-electron chi connectivity index (χ4n) is 3.65. The largest absolute Gasteiger partial charge is 0.355 e. The molecule has 8 N–H and O–H groups in total. The maximum atomic E-state index is 12.9. The van der Waals surface area contributed by atoms with E-state index in [-0.39, 0.29) is 29.2 Å². The molecule has 0 saturated carbocycles. The van der Waals surface area contributed by atoms with E-state index in [0.717, 1.165) is 6.42 Å². The average Bonchev–Trinajstić information content (AvgIpc) is 2.47.